The highest BCUT2D eigenvalue weighted by atomic mass is 19.2. The summed E-state index contributed by atoms with van der Waals surface area (Å²) in [5, 5.41) is 1.61. The highest BCUT2D eigenvalue weighted by molar-refractivity contribution is 5.83. The van der Waals surface area contributed by atoms with E-state index in [-0.39, 0.29) is 0 Å². The van der Waals surface area contributed by atoms with Crippen LogP contribution in [0, 0.1) is 29.4 Å². The average Bonchev–Trinajstić information content (AvgIpc) is 2.61. The van der Waals surface area contributed by atoms with Gasteiger partial charge in [-0.2, -0.15) is 0 Å². The topological polar surface area (TPSA) is 0 Å². The minimum atomic E-state index is -0.761. The summed E-state index contributed by atoms with van der Waals surface area (Å²) in [5.41, 5.74) is 1.31. The molecule has 0 spiro atoms. The molecule has 2 saturated carbocycles. The van der Waals surface area contributed by atoms with Gasteiger partial charge in [0.1, 0.15) is 0 Å². The summed E-state index contributed by atoms with van der Waals surface area (Å²) in [6.45, 7) is 2.33. The molecule has 2 fully saturated rings. The summed E-state index contributed by atoms with van der Waals surface area (Å²) in [7, 11) is 0. The van der Waals surface area contributed by atoms with Crippen molar-refractivity contribution >= 4 is 10.8 Å². The standard InChI is InChI=1S/C22H26F2/c1-2-14-3-4-16-10-17(6-5-15(16)9-14)18-7-8-19-12-21(23)22(24)13-20(19)11-18/h7-8,11-17H,2-6,9-10H2,1H3/t14-,15?,16-,17?/m1/s1. The lowest BCUT2D eigenvalue weighted by Crippen LogP contribution is -2.30. The Balaban J connectivity index is 1.54. The highest BCUT2D eigenvalue weighted by Crippen LogP contribution is 2.48. The summed E-state index contributed by atoms with van der Waals surface area (Å²) in [6, 6.07) is 8.81. The van der Waals surface area contributed by atoms with E-state index < -0.39 is 11.6 Å². The lowest BCUT2D eigenvalue weighted by molar-refractivity contribution is 0.116. The fourth-order valence-electron chi connectivity index (χ4n) is 5.17. The number of rotatable bonds is 2. The number of benzene rings is 2. The monoisotopic (exact) mass is 328 g/mol. The summed E-state index contributed by atoms with van der Waals surface area (Å²) >= 11 is 0. The lowest BCUT2D eigenvalue weighted by Gasteiger charge is -2.42. The Morgan fingerprint density at radius 1 is 0.833 bits per heavy atom. The molecule has 0 N–H and O–H groups in total. The molecular formula is C22H26F2. The molecule has 0 saturated heterocycles. The molecule has 0 aliphatic heterocycles. The number of fused-ring (bicyclic) bond motifs is 2. The Bertz CT molecular complexity index is 736. The SMILES string of the molecule is CC[C@@H]1CC[C@@H]2CC(c3ccc4cc(F)c(F)cc4c3)CCC2C1. The molecule has 2 aliphatic rings. The minimum Gasteiger partial charge on any atom is -0.204 e. The van der Waals surface area contributed by atoms with Crippen molar-refractivity contribution in [3.8, 4) is 0 Å². The van der Waals surface area contributed by atoms with Crippen molar-refractivity contribution in [2.24, 2.45) is 17.8 Å². The molecule has 0 amide bonds. The molecule has 0 nitrogen and oxygen atoms in total. The number of hydrogen-bond donors (Lipinski definition) is 0. The van der Waals surface area contributed by atoms with Gasteiger partial charge in [0.05, 0.1) is 0 Å². The molecule has 2 heteroatoms. The predicted octanol–water partition coefficient (Wildman–Crippen LogP) is 6.83. The van der Waals surface area contributed by atoms with Crippen LogP contribution in [0.1, 0.15) is 63.4 Å². The minimum absolute atomic E-state index is 0.585. The zero-order valence-electron chi connectivity index (χ0n) is 14.4. The molecule has 4 rings (SSSR count). The van der Waals surface area contributed by atoms with Gasteiger partial charge in [0.15, 0.2) is 11.6 Å². The van der Waals surface area contributed by atoms with Crippen LogP contribution in [0.15, 0.2) is 30.3 Å². The lowest BCUT2D eigenvalue weighted by atomic mass is 9.63. The van der Waals surface area contributed by atoms with Gasteiger partial charge < -0.3 is 0 Å². The second-order valence-corrected chi connectivity index (χ2v) is 7.99. The van der Waals surface area contributed by atoms with Gasteiger partial charge in [0.25, 0.3) is 0 Å². The quantitative estimate of drug-likeness (QED) is 0.567. The Morgan fingerprint density at radius 2 is 1.54 bits per heavy atom. The molecular weight excluding hydrogens is 302 g/mol. The smallest absolute Gasteiger partial charge is 0.159 e. The second kappa shape index (κ2) is 6.46. The van der Waals surface area contributed by atoms with Crippen LogP contribution in [0.2, 0.25) is 0 Å². The van der Waals surface area contributed by atoms with Crippen molar-refractivity contribution in [2.45, 2.75) is 57.8 Å². The molecule has 2 unspecified atom stereocenters. The summed E-state index contributed by atoms with van der Waals surface area (Å²) < 4.78 is 26.9. The molecule has 0 bridgehead atoms. The van der Waals surface area contributed by atoms with Crippen LogP contribution < -0.4 is 0 Å². The predicted molar refractivity (Wildman–Crippen MR) is 95.1 cm³/mol. The largest absolute Gasteiger partial charge is 0.204 e. The van der Waals surface area contributed by atoms with E-state index >= 15 is 0 Å². The maximum absolute atomic E-state index is 13.5. The van der Waals surface area contributed by atoms with E-state index in [9.17, 15) is 8.78 Å². The van der Waals surface area contributed by atoms with E-state index in [1.807, 2.05) is 6.07 Å². The second-order valence-electron chi connectivity index (χ2n) is 7.99. The molecule has 2 aliphatic carbocycles. The van der Waals surface area contributed by atoms with E-state index in [0.29, 0.717) is 5.92 Å². The van der Waals surface area contributed by atoms with E-state index in [1.165, 1.54) is 62.6 Å². The summed E-state index contributed by atoms with van der Waals surface area (Å²) in [5.74, 6) is 1.81. The van der Waals surface area contributed by atoms with Gasteiger partial charge in [-0.1, -0.05) is 38.0 Å². The Labute approximate surface area is 143 Å². The van der Waals surface area contributed by atoms with Crippen LogP contribution in [0.5, 0.6) is 0 Å². The van der Waals surface area contributed by atoms with Gasteiger partial charge in [-0.15, -0.1) is 0 Å². The third-order valence-electron chi connectivity index (χ3n) is 6.67. The fraction of sp³-hybridized carbons (Fsp3) is 0.545. The zero-order valence-corrected chi connectivity index (χ0v) is 14.4. The molecule has 4 atom stereocenters. The first kappa shape index (κ1) is 16.1. The van der Waals surface area contributed by atoms with Gasteiger partial charge >= 0.3 is 0 Å². The maximum Gasteiger partial charge on any atom is 0.159 e. The van der Waals surface area contributed by atoms with Gasteiger partial charge in [-0.3, -0.25) is 0 Å². The van der Waals surface area contributed by atoms with E-state index in [4.69, 9.17) is 0 Å². The van der Waals surface area contributed by atoms with Crippen molar-refractivity contribution < 1.29 is 8.78 Å². The first-order valence-corrected chi connectivity index (χ1v) is 9.52. The number of hydrogen-bond acceptors (Lipinski definition) is 0. The molecule has 2 aromatic rings. The highest BCUT2D eigenvalue weighted by Gasteiger charge is 2.35. The normalized spacial score (nSPS) is 30.3. The molecule has 0 heterocycles. The van der Waals surface area contributed by atoms with Gasteiger partial charge in [0, 0.05) is 0 Å². The van der Waals surface area contributed by atoms with Crippen molar-refractivity contribution in [3.63, 3.8) is 0 Å². The Hall–Kier alpha value is -1.44. The summed E-state index contributed by atoms with van der Waals surface area (Å²) in [6.07, 6.45) is 9.39. The van der Waals surface area contributed by atoms with Crippen molar-refractivity contribution in [2.75, 3.05) is 0 Å². The maximum atomic E-state index is 13.5. The van der Waals surface area contributed by atoms with Crippen molar-refractivity contribution in [1.82, 2.24) is 0 Å². The van der Waals surface area contributed by atoms with Crippen LogP contribution in [0.25, 0.3) is 10.8 Å². The zero-order chi connectivity index (χ0) is 16.7. The number of halogens is 2. The first-order chi connectivity index (χ1) is 11.6. The van der Waals surface area contributed by atoms with Gasteiger partial charge in [-0.05, 0) is 84.2 Å². The average molecular weight is 328 g/mol. The van der Waals surface area contributed by atoms with Crippen LogP contribution in [-0.4, -0.2) is 0 Å². The first-order valence-electron chi connectivity index (χ1n) is 9.52. The van der Waals surface area contributed by atoms with E-state index in [1.54, 1.807) is 0 Å². The van der Waals surface area contributed by atoms with Crippen LogP contribution in [0.3, 0.4) is 0 Å². The van der Waals surface area contributed by atoms with Gasteiger partial charge in [0.2, 0.25) is 0 Å². The van der Waals surface area contributed by atoms with E-state index in [2.05, 4.69) is 19.1 Å². The Kier molecular flexibility index (Phi) is 4.32. The molecule has 0 aromatic heterocycles. The Morgan fingerprint density at radius 3 is 2.33 bits per heavy atom. The summed E-state index contributed by atoms with van der Waals surface area (Å²) in [4.78, 5) is 0. The molecule has 0 radical (unpaired) electrons. The van der Waals surface area contributed by atoms with Crippen LogP contribution in [-0.2, 0) is 0 Å². The van der Waals surface area contributed by atoms with Crippen LogP contribution >= 0.6 is 0 Å². The molecule has 2 aromatic carbocycles. The third kappa shape index (κ3) is 2.96. The fourth-order valence-corrected chi connectivity index (χ4v) is 5.17. The molecule has 128 valence electrons. The van der Waals surface area contributed by atoms with Crippen molar-refractivity contribution in [3.05, 3.63) is 47.5 Å². The van der Waals surface area contributed by atoms with Crippen LogP contribution in [0.4, 0.5) is 8.78 Å². The van der Waals surface area contributed by atoms with Crippen molar-refractivity contribution in [1.29, 1.82) is 0 Å². The van der Waals surface area contributed by atoms with E-state index in [0.717, 1.165) is 28.5 Å². The van der Waals surface area contributed by atoms with Gasteiger partial charge in [-0.25, -0.2) is 8.78 Å². The molecule has 24 heavy (non-hydrogen) atoms. The third-order valence-corrected chi connectivity index (χ3v) is 6.67.